The lowest BCUT2D eigenvalue weighted by Gasteiger charge is -2.21. The minimum absolute atomic E-state index is 0.0757. The van der Waals surface area contributed by atoms with E-state index in [9.17, 15) is 27.5 Å². The highest BCUT2D eigenvalue weighted by Gasteiger charge is 2.31. The van der Waals surface area contributed by atoms with E-state index in [1.54, 1.807) is 25.2 Å². The van der Waals surface area contributed by atoms with Crippen LogP contribution in [0, 0.1) is 11.7 Å². The third-order valence-electron chi connectivity index (χ3n) is 6.43. The second-order valence-electron chi connectivity index (χ2n) is 9.47. The van der Waals surface area contributed by atoms with Crippen molar-refractivity contribution >= 4 is 38.2 Å². The molecule has 1 aliphatic carbocycles. The van der Waals surface area contributed by atoms with Crippen LogP contribution in [-0.2, 0) is 16.6 Å². The first-order valence-electron chi connectivity index (χ1n) is 11.8. The van der Waals surface area contributed by atoms with Gasteiger partial charge in [-0.05, 0) is 48.7 Å². The number of carbonyl (C=O) groups is 1. The maximum Gasteiger partial charge on any atom is 0.286 e. The Kier molecular flexibility index (Phi) is 6.10. The Labute approximate surface area is 212 Å². The molecule has 2 N–H and O–H groups in total. The molecule has 0 amide bonds. The van der Waals surface area contributed by atoms with Gasteiger partial charge in [-0.25, -0.2) is 4.39 Å². The molecule has 2 aliphatic rings. The number of allylic oxidation sites excluding steroid dienone is 1. The van der Waals surface area contributed by atoms with Gasteiger partial charge in [0.1, 0.15) is 22.0 Å². The minimum Gasteiger partial charge on any atom is -0.506 e. The summed E-state index contributed by atoms with van der Waals surface area (Å²) in [7, 11) is -0.849. The van der Waals surface area contributed by atoms with Crippen LogP contribution < -0.4 is 10.9 Å². The molecule has 0 unspecified atom stereocenters. The van der Waals surface area contributed by atoms with Gasteiger partial charge in [-0.15, -0.1) is 4.40 Å². The zero-order valence-corrected chi connectivity index (χ0v) is 21.0. The zero-order chi connectivity index (χ0) is 26.5. The van der Waals surface area contributed by atoms with Crippen molar-refractivity contribution in [3.63, 3.8) is 0 Å². The SMILES string of the molecule is CN(C)C=CC(=O)c1ccc2c(c1)S(=O)(=O)N=C(c1c(O)c3cc(F)ccc3n(CCC3CC3)c1=O)N2. The number of aromatic nitrogens is 1. The van der Waals surface area contributed by atoms with Crippen LogP contribution in [0.1, 0.15) is 35.2 Å². The fraction of sp³-hybridized carbons (Fsp3) is 0.269. The summed E-state index contributed by atoms with van der Waals surface area (Å²) in [4.78, 5) is 27.4. The molecule has 9 nitrogen and oxygen atoms in total. The standard InChI is InChI=1S/C26H25FN4O5S/c1-30(2)11-10-21(32)16-5-7-19-22(13-16)37(35,36)29-25(28-19)23-24(33)18-14-17(27)6-8-20(18)31(26(23)34)12-9-15-3-4-15/h5-8,10-11,13-15,33H,3-4,9,12H2,1-2H3,(H,28,29). The molecule has 3 aromatic rings. The van der Waals surface area contributed by atoms with Crippen molar-refractivity contribution in [1.29, 1.82) is 0 Å². The number of benzene rings is 2. The summed E-state index contributed by atoms with van der Waals surface area (Å²) < 4.78 is 45.6. The lowest BCUT2D eigenvalue weighted by molar-refractivity contribution is 0.104. The Balaban J connectivity index is 1.62. The van der Waals surface area contributed by atoms with Gasteiger partial charge in [-0.3, -0.25) is 9.59 Å². The molecule has 11 heteroatoms. The smallest absolute Gasteiger partial charge is 0.286 e. The second-order valence-corrected chi connectivity index (χ2v) is 11.0. The number of anilines is 1. The van der Waals surface area contributed by atoms with E-state index < -0.39 is 32.9 Å². The molecule has 1 fully saturated rings. The van der Waals surface area contributed by atoms with E-state index in [0.717, 1.165) is 25.3 Å². The molecular formula is C26H25FN4O5S. The zero-order valence-electron chi connectivity index (χ0n) is 20.2. The van der Waals surface area contributed by atoms with Crippen LogP contribution in [0.3, 0.4) is 0 Å². The number of pyridine rings is 1. The topological polar surface area (TPSA) is 121 Å². The summed E-state index contributed by atoms with van der Waals surface area (Å²) in [6.07, 6.45) is 5.74. The highest BCUT2D eigenvalue weighted by molar-refractivity contribution is 7.90. The van der Waals surface area contributed by atoms with Gasteiger partial charge >= 0.3 is 0 Å². The van der Waals surface area contributed by atoms with Crippen molar-refractivity contribution < 1.29 is 22.7 Å². The van der Waals surface area contributed by atoms with Crippen LogP contribution in [0.25, 0.3) is 10.9 Å². The molecule has 2 aromatic carbocycles. The normalized spacial score (nSPS) is 16.4. The number of sulfonamides is 1. The number of rotatable bonds is 7. The Hall–Kier alpha value is -3.99. The molecule has 1 aromatic heterocycles. The van der Waals surface area contributed by atoms with E-state index >= 15 is 0 Å². The predicted octanol–water partition coefficient (Wildman–Crippen LogP) is 3.47. The summed E-state index contributed by atoms with van der Waals surface area (Å²) in [5.41, 5.74) is -0.407. The monoisotopic (exact) mass is 524 g/mol. The van der Waals surface area contributed by atoms with Gasteiger partial charge in [0.15, 0.2) is 11.6 Å². The van der Waals surface area contributed by atoms with E-state index in [4.69, 9.17) is 0 Å². The quantitative estimate of drug-likeness (QED) is 0.359. The second kappa shape index (κ2) is 9.15. The number of ketones is 1. The van der Waals surface area contributed by atoms with E-state index in [1.165, 1.54) is 41.0 Å². The van der Waals surface area contributed by atoms with Crippen LogP contribution in [-0.4, -0.2) is 48.7 Å². The fourth-order valence-electron chi connectivity index (χ4n) is 4.30. The molecular weight excluding hydrogens is 499 g/mol. The molecule has 1 aliphatic heterocycles. The molecule has 192 valence electrons. The number of hydrogen-bond donors (Lipinski definition) is 2. The van der Waals surface area contributed by atoms with Gasteiger partial charge in [-0.2, -0.15) is 8.42 Å². The average molecular weight is 525 g/mol. The third-order valence-corrected chi connectivity index (χ3v) is 7.74. The van der Waals surface area contributed by atoms with Crippen molar-refractivity contribution in [2.24, 2.45) is 10.3 Å². The molecule has 2 heterocycles. The molecule has 0 atom stereocenters. The van der Waals surface area contributed by atoms with Crippen LogP contribution in [0.4, 0.5) is 10.1 Å². The summed E-state index contributed by atoms with van der Waals surface area (Å²) in [6, 6.07) is 7.81. The maximum atomic E-state index is 14.1. The summed E-state index contributed by atoms with van der Waals surface area (Å²) in [5.74, 6) is -1.44. The number of nitrogens with zero attached hydrogens (tertiary/aromatic N) is 3. The van der Waals surface area contributed by atoms with Crippen molar-refractivity contribution in [2.75, 3.05) is 19.4 Å². The largest absolute Gasteiger partial charge is 0.506 e. The lowest BCUT2D eigenvalue weighted by atomic mass is 10.1. The Morgan fingerprint density at radius 2 is 2.00 bits per heavy atom. The summed E-state index contributed by atoms with van der Waals surface area (Å²) in [5, 5.41) is 13.9. The maximum absolute atomic E-state index is 14.1. The van der Waals surface area contributed by atoms with E-state index in [0.29, 0.717) is 18.0 Å². The Morgan fingerprint density at radius 1 is 1.24 bits per heavy atom. The van der Waals surface area contributed by atoms with E-state index in [-0.39, 0.29) is 32.9 Å². The molecule has 0 radical (unpaired) electrons. The average Bonchev–Trinajstić information content (AvgIpc) is 3.67. The number of aromatic hydroxyl groups is 1. The minimum atomic E-state index is -4.34. The van der Waals surface area contributed by atoms with Crippen molar-refractivity contribution in [2.45, 2.75) is 30.7 Å². The number of hydrogen-bond acceptors (Lipinski definition) is 7. The first kappa shape index (κ1) is 24.7. The van der Waals surface area contributed by atoms with Crippen molar-refractivity contribution in [1.82, 2.24) is 9.47 Å². The van der Waals surface area contributed by atoms with E-state index in [1.807, 2.05) is 0 Å². The number of carbonyl (C=O) groups excluding carboxylic acids is 1. The molecule has 0 saturated heterocycles. The fourth-order valence-corrected chi connectivity index (χ4v) is 5.45. The van der Waals surface area contributed by atoms with Gasteiger partial charge in [0.2, 0.25) is 0 Å². The Bertz CT molecular complexity index is 1670. The van der Waals surface area contributed by atoms with Crippen molar-refractivity contribution in [3.05, 3.63) is 76.0 Å². The lowest BCUT2D eigenvalue weighted by Crippen LogP contribution is -2.33. The highest BCUT2D eigenvalue weighted by atomic mass is 32.2. The van der Waals surface area contributed by atoms with Gasteiger partial charge in [0.05, 0.1) is 11.2 Å². The van der Waals surface area contributed by atoms with Crippen molar-refractivity contribution in [3.8, 4) is 5.75 Å². The van der Waals surface area contributed by atoms with Gasteiger partial charge in [0, 0.05) is 43.9 Å². The molecule has 37 heavy (non-hydrogen) atoms. The molecule has 0 spiro atoms. The van der Waals surface area contributed by atoms with Crippen LogP contribution in [0.2, 0.25) is 0 Å². The van der Waals surface area contributed by atoms with Crippen LogP contribution >= 0.6 is 0 Å². The number of amidine groups is 1. The van der Waals surface area contributed by atoms with Crippen LogP contribution in [0.5, 0.6) is 5.75 Å². The van der Waals surface area contributed by atoms with Gasteiger partial charge < -0.3 is 19.9 Å². The highest BCUT2D eigenvalue weighted by Crippen LogP contribution is 2.35. The third kappa shape index (κ3) is 4.74. The summed E-state index contributed by atoms with van der Waals surface area (Å²) in [6.45, 7) is 0.335. The predicted molar refractivity (Wildman–Crippen MR) is 138 cm³/mol. The van der Waals surface area contributed by atoms with E-state index in [2.05, 4.69) is 9.71 Å². The molecule has 0 bridgehead atoms. The first-order chi connectivity index (χ1) is 17.5. The number of halogens is 1. The number of aryl methyl sites for hydroxylation is 1. The number of nitrogens with one attached hydrogen (secondary N) is 1. The Morgan fingerprint density at radius 3 is 2.70 bits per heavy atom. The van der Waals surface area contributed by atoms with Gasteiger partial charge in [0.25, 0.3) is 15.6 Å². The molecule has 5 rings (SSSR count). The van der Waals surface area contributed by atoms with Gasteiger partial charge in [-0.1, -0.05) is 12.8 Å². The summed E-state index contributed by atoms with van der Waals surface area (Å²) >= 11 is 0. The first-order valence-corrected chi connectivity index (χ1v) is 13.2. The van der Waals surface area contributed by atoms with Crippen LogP contribution in [0.15, 0.2) is 62.8 Å². The number of fused-ring (bicyclic) bond motifs is 2. The molecule has 1 saturated carbocycles.